The molecule has 5 aromatic rings. The van der Waals surface area contributed by atoms with Crippen LogP contribution in [0, 0.1) is 6.92 Å². The Labute approximate surface area is 247 Å². The van der Waals surface area contributed by atoms with E-state index in [2.05, 4.69) is 9.97 Å². The van der Waals surface area contributed by atoms with Crippen molar-refractivity contribution in [3.63, 3.8) is 0 Å². The van der Waals surface area contributed by atoms with Crippen LogP contribution in [0.1, 0.15) is 41.8 Å². The zero-order valence-corrected chi connectivity index (χ0v) is 25.8. The highest BCUT2D eigenvalue weighted by atomic mass is 32.2. The summed E-state index contributed by atoms with van der Waals surface area (Å²) < 4.78 is 48.4. The minimum absolute atomic E-state index is 0.251. The Balaban J connectivity index is 1.69. The van der Waals surface area contributed by atoms with Gasteiger partial charge in [0, 0.05) is 41.4 Å². The van der Waals surface area contributed by atoms with Gasteiger partial charge in [0.1, 0.15) is 0 Å². The second kappa shape index (κ2) is 10.9. The van der Waals surface area contributed by atoms with Crippen molar-refractivity contribution in [1.82, 2.24) is 9.97 Å². The van der Waals surface area contributed by atoms with Crippen LogP contribution in [0.2, 0.25) is 0 Å². The number of benzene rings is 3. The molecule has 5 rings (SSSR count). The van der Waals surface area contributed by atoms with Crippen molar-refractivity contribution in [2.24, 2.45) is 0 Å². The first-order valence-electron chi connectivity index (χ1n) is 13.4. The molecule has 214 valence electrons. The van der Waals surface area contributed by atoms with Gasteiger partial charge < -0.3 is 0 Å². The fourth-order valence-electron chi connectivity index (χ4n) is 4.75. The quantitative estimate of drug-likeness (QED) is 0.190. The molecule has 2 aromatic heterocycles. The molecular formula is C34H32N2O4S2. The summed E-state index contributed by atoms with van der Waals surface area (Å²) in [6, 6.07) is 26.3. The van der Waals surface area contributed by atoms with E-state index in [1.807, 2.05) is 73.7 Å². The fourth-order valence-corrected chi connectivity index (χ4v) is 5.93. The lowest BCUT2D eigenvalue weighted by Crippen LogP contribution is -2.28. The molecule has 0 bridgehead atoms. The minimum Gasteiger partial charge on any atom is -0.256 e. The summed E-state index contributed by atoms with van der Waals surface area (Å²) in [7, 11) is -6.73. The van der Waals surface area contributed by atoms with Crippen molar-refractivity contribution >= 4 is 42.2 Å². The van der Waals surface area contributed by atoms with Crippen molar-refractivity contribution in [3.05, 3.63) is 125 Å². The van der Waals surface area contributed by atoms with Crippen molar-refractivity contribution in [2.75, 3.05) is 12.5 Å². The molecule has 0 radical (unpaired) electrons. The predicted molar refractivity (Wildman–Crippen MR) is 171 cm³/mol. The van der Waals surface area contributed by atoms with Gasteiger partial charge in [0.2, 0.25) is 0 Å². The molecule has 0 aliphatic rings. The van der Waals surface area contributed by atoms with Gasteiger partial charge in [-0.05, 0) is 97.1 Å². The van der Waals surface area contributed by atoms with E-state index >= 15 is 0 Å². The van der Waals surface area contributed by atoms with Crippen molar-refractivity contribution < 1.29 is 16.8 Å². The number of sulfone groups is 2. The van der Waals surface area contributed by atoms with Gasteiger partial charge in [-0.25, -0.2) is 16.8 Å². The first-order valence-corrected chi connectivity index (χ1v) is 17.2. The second-order valence-corrected chi connectivity index (χ2v) is 15.7. The lowest BCUT2D eigenvalue weighted by Gasteiger charge is -2.24. The number of fused-ring (bicyclic) bond motifs is 1. The maximum Gasteiger partial charge on any atom is 0.175 e. The fraction of sp³-hybridized carbons (Fsp3) is 0.176. The average molecular weight is 597 g/mol. The molecular weight excluding hydrogens is 565 g/mol. The zero-order chi connectivity index (χ0) is 30.3. The summed E-state index contributed by atoms with van der Waals surface area (Å²) in [4.78, 5) is 9.54. The number of aryl methyl sites for hydroxylation is 1. The topological polar surface area (TPSA) is 94.1 Å². The Morgan fingerprint density at radius 1 is 0.810 bits per heavy atom. The molecule has 0 saturated carbocycles. The smallest absolute Gasteiger partial charge is 0.175 e. The zero-order valence-electron chi connectivity index (χ0n) is 24.2. The van der Waals surface area contributed by atoms with Crippen LogP contribution < -0.4 is 0 Å². The lowest BCUT2D eigenvalue weighted by molar-refractivity contribution is 0.561. The SMILES string of the molecule is Cc1ccc(C(=Cc2cccc(-c3cc(C(C)(C)S(C)(=O)=O)cc4cccnc34)c2)c2ccc(S(C)(=O)=O)cc2)nc1. The van der Waals surface area contributed by atoms with Gasteiger partial charge >= 0.3 is 0 Å². The average Bonchev–Trinajstić information content (AvgIpc) is 2.95. The Morgan fingerprint density at radius 3 is 2.19 bits per heavy atom. The molecule has 0 fully saturated rings. The van der Waals surface area contributed by atoms with Gasteiger partial charge in [0.15, 0.2) is 19.7 Å². The Morgan fingerprint density at radius 2 is 1.55 bits per heavy atom. The number of aromatic nitrogens is 2. The summed E-state index contributed by atoms with van der Waals surface area (Å²) >= 11 is 0. The van der Waals surface area contributed by atoms with E-state index in [4.69, 9.17) is 0 Å². The normalized spacial score (nSPS) is 12.9. The van der Waals surface area contributed by atoms with Crippen LogP contribution in [-0.2, 0) is 24.4 Å². The maximum absolute atomic E-state index is 12.7. The molecule has 2 heterocycles. The summed E-state index contributed by atoms with van der Waals surface area (Å²) in [6.07, 6.45) is 8.01. The standard InChI is InChI=1S/C34H32N2O4S2/c1-23-11-16-32(36-22-23)30(25-12-14-29(15-13-25)41(4,37)38)19-24-8-6-9-26(18-24)31-21-28(34(2,3)42(5,39)40)20-27-10-7-17-35-33(27)31/h6-22H,1-5H3. The molecule has 42 heavy (non-hydrogen) atoms. The Bertz CT molecular complexity index is 2050. The monoisotopic (exact) mass is 596 g/mol. The van der Waals surface area contributed by atoms with Crippen molar-refractivity contribution in [2.45, 2.75) is 30.4 Å². The van der Waals surface area contributed by atoms with E-state index in [-0.39, 0.29) is 4.90 Å². The van der Waals surface area contributed by atoms with E-state index in [9.17, 15) is 16.8 Å². The van der Waals surface area contributed by atoms with Gasteiger partial charge in [0.25, 0.3) is 0 Å². The van der Waals surface area contributed by atoms with Crippen molar-refractivity contribution in [1.29, 1.82) is 0 Å². The van der Waals surface area contributed by atoms with Crippen molar-refractivity contribution in [3.8, 4) is 11.1 Å². The van der Waals surface area contributed by atoms with E-state index in [1.165, 1.54) is 12.5 Å². The van der Waals surface area contributed by atoms with Gasteiger partial charge in [-0.3, -0.25) is 9.97 Å². The molecule has 0 aliphatic carbocycles. The number of nitrogens with zero attached hydrogens (tertiary/aromatic N) is 2. The largest absolute Gasteiger partial charge is 0.256 e. The maximum atomic E-state index is 12.7. The van der Waals surface area contributed by atoms with E-state index in [1.54, 1.807) is 50.5 Å². The highest BCUT2D eigenvalue weighted by molar-refractivity contribution is 7.91. The second-order valence-electron chi connectivity index (χ2n) is 11.1. The lowest BCUT2D eigenvalue weighted by atomic mass is 9.92. The Hall–Kier alpha value is -4.14. The van der Waals surface area contributed by atoms with Crippen LogP contribution in [0.25, 0.3) is 33.7 Å². The van der Waals surface area contributed by atoms with Gasteiger partial charge in [-0.1, -0.05) is 42.5 Å². The molecule has 0 aliphatic heterocycles. The highest BCUT2D eigenvalue weighted by Gasteiger charge is 2.33. The first-order chi connectivity index (χ1) is 19.7. The van der Waals surface area contributed by atoms with E-state index in [0.717, 1.165) is 50.0 Å². The van der Waals surface area contributed by atoms with Gasteiger partial charge in [0.05, 0.1) is 20.9 Å². The number of rotatable bonds is 7. The molecule has 0 unspecified atom stereocenters. The minimum atomic E-state index is -3.40. The van der Waals surface area contributed by atoms with Crippen LogP contribution >= 0.6 is 0 Å². The van der Waals surface area contributed by atoms with Crippen LogP contribution in [0.15, 0.2) is 102 Å². The summed E-state index contributed by atoms with van der Waals surface area (Å²) in [5.41, 5.74) is 7.54. The molecule has 0 saturated heterocycles. The third kappa shape index (κ3) is 5.91. The van der Waals surface area contributed by atoms with E-state index in [0.29, 0.717) is 5.56 Å². The van der Waals surface area contributed by atoms with Crippen LogP contribution in [-0.4, -0.2) is 39.3 Å². The van der Waals surface area contributed by atoms with E-state index < -0.39 is 24.4 Å². The molecule has 8 heteroatoms. The third-order valence-electron chi connectivity index (χ3n) is 7.62. The highest BCUT2D eigenvalue weighted by Crippen LogP contribution is 2.37. The molecule has 0 N–H and O–H groups in total. The molecule has 0 spiro atoms. The third-order valence-corrected chi connectivity index (χ3v) is 10.8. The number of hydrogen-bond donors (Lipinski definition) is 0. The number of hydrogen-bond acceptors (Lipinski definition) is 6. The summed E-state index contributed by atoms with van der Waals surface area (Å²) in [5.74, 6) is 0. The predicted octanol–water partition coefficient (Wildman–Crippen LogP) is 6.88. The van der Waals surface area contributed by atoms with Crippen LogP contribution in [0.3, 0.4) is 0 Å². The van der Waals surface area contributed by atoms with Crippen LogP contribution in [0.4, 0.5) is 0 Å². The summed E-state index contributed by atoms with van der Waals surface area (Å²) in [6.45, 7) is 5.42. The van der Waals surface area contributed by atoms with Gasteiger partial charge in [-0.2, -0.15) is 0 Å². The van der Waals surface area contributed by atoms with Gasteiger partial charge in [-0.15, -0.1) is 0 Å². The van der Waals surface area contributed by atoms with Crippen LogP contribution in [0.5, 0.6) is 0 Å². The Kier molecular flexibility index (Phi) is 7.64. The molecule has 3 aromatic carbocycles. The molecule has 0 amide bonds. The molecule has 6 nitrogen and oxygen atoms in total. The summed E-state index contributed by atoms with van der Waals surface area (Å²) in [5, 5.41) is 0.859. The number of pyridine rings is 2. The first kappa shape index (κ1) is 29.4. The molecule has 0 atom stereocenters.